The molecule has 0 saturated carbocycles. The zero-order chi connectivity index (χ0) is 7.84. The Balaban J connectivity index is 2.86. The van der Waals surface area contributed by atoms with E-state index in [9.17, 15) is 0 Å². The van der Waals surface area contributed by atoms with Gasteiger partial charge in [-0.15, -0.1) is 11.3 Å². The smallest absolute Gasteiger partial charge is 0.125 e. The van der Waals surface area contributed by atoms with Crippen molar-refractivity contribution in [3.05, 3.63) is 21.2 Å². The van der Waals surface area contributed by atoms with E-state index >= 15 is 0 Å². The Hall–Kier alpha value is -0.480. The molecular weight excluding hydrogens is 224 g/mol. The van der Waals surface area contributed by atoms with Crippen LogP contribution in [0.15, 0.2) is 15.4 Å². The molecule has 0 atom stereocenters. The zero-order valence-electron chi connectivity index (χ0n) is 5.84. The molecule has 2 aromatic heterocycles. The number of halogens is 1. The van der Waals surface area contributed by atoms with Gasteiger partial charge >= 0.3 is 0 Å². The van der Waals surface area contributed by atoms with Crippen LogP contribution in [0, 0.1) is 6.92 Å². The van der Waals surface area contributed by atoms with Crippen LogP contribution in [0.3, 0.4) is 0 Å². The van der Waals surface area contributed by atoms with Crippen molar-refractivity contribution in [1.82, 2.24) is 9.97 Å². The fraction of sp³-hybridized carbons (Fsp3) is 0.143. The van der Waals surface area contributed by atoms with E-state index in [1.54, 1.807) is 11.3 Å². The van der Waals surface area contributed by atoms with Crippen molar-refractivity contribution in [2.24, 2.45) is 0 Å². The first-order valence-corrected chi connectivity index (χ1v) is 4.81. The third kappa shape index (κ3) is 1.16. The second kappa shape index (κ2) is 2.53. The third-order valence-electron chi connectivity index (χ3n) is 1.42. The average molecular weight is 229 g/mol. The number of nitrogens with zero attached hydrogens (tertiary/aromatic N) is 2. The Morgan fingerprint density at radius 1 is 1.55 bits per heavy atom. The maximum absolute atomic E-state index is 4.27. The van der Waals surface area contributed by atoms with E-state index in [2.05, 4.69) is 25.9 Å². The largest absolute Gasteiger partial charge is 0.241 e. The summed E-state index contributed by atoms with van der Waals surface area (Å²) in [6.45, 7) is 1.89. The van der Waals surface area contributed by atoms with Crippen molar-refractivity contribution in [2.75, 3.05) is 0 Å². The topological polar surface area (TPSA) is 25.8 Å². The maximum atomic E-state index is 4.27. The molecule has 0 aliphatic heterocycles. The molecule has 0 aliphatic rings. The summed E-state index contributed by atoms with van der Waals surface area (Å²) < 4.78 is 1.10. The standard InChI is InChI=1S/C7H5BrN2S/c1-4-9-2-5-6(10-4)3-11-7(5)8/h2-3H,1H3. The molecule has 0 saturated heterocycles. The van der Waals surface area contributed by atoms with E-state index in [1.807, 2.05) is 18.5 Å². The summed E-state index contributed by atoms with van der Waals surface area (Å²) in [5.74, 6) is 0.822. The molecule has 56 valence electrons. The first-order chi connectivity index (χ1) is 5.27. The van der Waals surface area contributed by atoms with Gasteiger partial charge in [0.25, 0.3) is 0 Å². The van der Waals surface area contributed by atoms with E-state index in [4.69, 9.17) is 0 Å². The van der Waals surface area contributed by atoms with Crippen LogP contribution in [0.2, 0.25) is 0 Å². The van der Waals surface area contributed by atoms with Crippen molar-refractivity contribution in [3.63, 3.8) is 0 Å². The molecule has 2 rings (SSSR count). The van der Waals surface area contributed by atoms with Gasteiger partial charge in [0.05, 0.1) is 9.30 Å². The van der Waals surface area contributed by atoms with Crippen LogP contribution in [0.4, 0.5) is 0 Å². The molecule has 0 N–H and O–H groups in total. The van der Waals surface area contributed by atoms with Crippen LogP contribution in [0.25, 0.3) is 10.9 Å². The molecule has 2 nitrogen and oxygen atoms in total. The van der Waals surface area contributed by atoms with Gasteiger partial charge in [-0.3, -0.25) is 0 Å². The van der Waals surface area contributed by atoms with Gasteiger partial charge in [-0.25, -0.2) is 9.97 Å². The third-order valence-corrected chi connectivity index (χ3v) is 3.18. The molecule has 0 amide bonds. The molecule has 0 radical (unpaired) electrons. The van der Waals surface area contributed by atoms with Crippen LogP contribution in [0.5, 0.6) is 0 Å². The first kappa shape index (κ1) is 7.18. The summed E-state index contributed by atoms with van der Waals surface area (Å²) in [4.78, 5) is 8.37. The van der Waals surface area contributed by atoms with E-state index in [0.29, 0.717) is 0 Å². The summed E-state index contributed by atoms with van der Waals surface area (Å²) >= 11 is 5.07. The Kier molecular flexibility index (Phi) is 1.65. The Bertz CT molecular complexity index is 396. The minimum atomic E-state index is 0.822. The highest BCUT2D eigenvalue weighted by Crippen LogP contribution is 2.28. The summed E-state index contributed by atoms with van der Waals surface area (Å²) in [5.41, 5.74) is 1.02. The van der Waals surface area contributed by atoms with Crippen LogP contribution >= 0.6 is 27.3 Å². The van der Waals surface area contributed by atoms with Gasteiger partial charge in [-0.05, 0) is 22.9 Å². The second-order valence-electron chi connectivity index (χ2n) is 2.23. The Labute approximate surface area is 76.4 Å². The lowest BCUT2D eigenvalue weighted by molar-refractivity contribution is 1.09. The Morgan fingerprint density at radius 3 is 3.18 bits per heavy atom. The van der Waals surface area contributed by atoms with E-state index in [-0.39, 0.29) is 0 Å². The van der Waals surface area contributed by atoms with E-state index in [0.717, 1.165) is 20.5 Å². The molecular formula is C7H5BrN2S. The molecule has 2 heterocycles. The van der Waals surface area contributed by atoms with Gasteiger partial charge in [0.1, 0.15) is 5.82 Å². The summed E-state index contributed by atoms with van der Waals surface area (Å²) in [6, 6.07) is 0. The van der Waals surface area contributed by atoms with E-state index < -0.39 is 0 Å². The van der Waals surface area contributed by atoms with Crippen molar-refractivity contribution in [1.29, 1.82) is 0 Å². The summed E-state index contributed by atoms with van der Waals surface area (Å²) in [6.07, 6.45) is 1.85. The van der Waals surface area contributed by atoms with Crippen molar-refractivity contribution in [2.45, 2.75) is 6.92 Å². The van der Waals surface area contributed by atoms with Gasteiger partial charge in [0.15, 0.2) is 0 Å². The summed E-state index contributed by atoms with van der Waals surface area (Å²) in [7, 11) is 0. The quantitative estimate of drug-likeness (QED) is 0.694. The number of aryl methyl sites for hydroxylation is 1. The molecule has 0 aromatic carbocycles. The zero-order valence-corrected chi connectivity index (χ0v) is 8.24. The van der Waals surface area contributed by atoms with Crippen molar-refractivity contribution >= 4 is 38.2 Å². The van der Waals surface area contributed by atoms with Crippen molar-refractivity contribution < 1.29 is 0 Å². The molecule has 0 aliphatic carbocycles. The van der Waals surface area contributed by atoms with Crippen LogP contribution < -0.4 is 0 Å². The van der Waals surface area contributed by atoms with Gasteiger partial charge in [-0.1, -0.05) is 0 Å². The average Bonchev–Trinajstić information content (AvgIpc) is 2.32. The lowest BCUT2D eigenvalue weighted by Crippen LogP contribution is -1.84. The van der Waals surface area contributed by atoms with Crippen LogP contribution in [0.1, 0.15) is 5.82 Å². The van der Waals surface area contributed by atoms with Gasteiger partial charge in [-0.2, -0.15) is 0 Å². The molecule has 2 aromatic rings. The van der Waals surface area contributed by atoms with Crippen LogP contribution in [-0.2, 0) is 0 Å². The second-order valence-corrected chi connectivity index (χ2v) is 4.42. The number of aromatic nitrogens is 2. The first-order valence-electron chi connectivity index (χ1n) is 3.14. The number of fused-ring (bicyclic) bond motifs is 1. The maximum Gasteiger partial charge on any atom is 0.125 e. The molecule has 0 spiro atoms. The lowest BCUT2D eigenvalue weighted by atomic mass is 10.4. The Morgan fingerprint density at radius 2 is 2.36 bits per heavy atom. The number of thiophene rings is 1. The number of rotatable bonds is 0. The molecule has 0 bridgehead atoms. The highest BCUT2D eigenvalue weighted by atomic mass is 79.9. The SMILES string of the molecule is Cc1ncc2c(Br)scc2n1. The van der Waals surface area contributed by atoms with Crippen molar-refractivity contribution in [3.8, 4) is 0 Å². The predicted octanol–water partition coefficient (Wildman–Crippen LogP) is 2.76. The monoisotopic (exact) mass is 228 g/mol. The minimum Gasteiger partial charge on any atom is -0.241 e. The number of hydrogen-bond acceptors (Lipinski definition) is 3. The van der Waals surface area contributed by atoms with Gasteiger partial charge < -0.3 is 0 Å². The highest BCUT2D eigenvalue weighted by Gasteiger charge is 2.01. The minimum absolute atomic E-state index is 0.822. The molecule has 11 heavy (non-hydrogen) atoms. The highest BCUT2D eigenvalue weighted by molar-refractivity contribution is 9.11. The van der Waals surface area contributed by atoms with Gasteiger partial charge in [0, 0.05) is 17.0 Å². The fourth-order valence-corrected chi connectivity index (χ4v) is 2.16. The lowest BCUT2D eigenvalue weighted by Gasteiger charge is -1.90. The number of hydrogen-bond donors (Lipinski definition) is 0. The molecule has 0 fully saturated rings. The fourth-order valence-electron chi connectivity index (χ4n) is 0.900. The molecule has 0 unspecified atom stereocenters. The van der Waals surface area contributed by atoms with E-state index in [1.165, 1.54) is 0 Å². The van der Waals surface area contributed by atoms with Gasteiger partial charge in [0.2, 0.25) is 0 Å². The summed E-state index contributed by atoms with van der Waals surface area (Å²) in [5, 5.41) is 3.12. The predicted molar refractivity (Wildman–Crippen MR) is 49.9 cm³/mol. The van der Waals surface area contributed by atoms with Crippen LogP contribution in [-0.4, -0.2) is 9.97 Å². The normalized spacial score (nSPS) is 10.7. The molecule has 4 heteroatoms.